The molecule has 0 fully saturated rings. The molecular formula is C27H36Br2N4O. The SMILES string of the molecule is Cc1cc(C)c(-n2cc[n+](CCC[n+]3ccn(-c4c(C)cc(C)cc4C)c3)c2)c(C)c1.O.[Br-].[Br-]. The molecule has 0 saturated heterocycles. The van der Waals surface area contributed by atoms with Crippen LogP contribution in [-0.4, -0.2) is 14.6 Å². The standard InChI is InChI=1S/C27H34N4.2BrH.H2O/c1-20-14-22(3)26(23(4)15-20)30-12-10-28(18-30)8-7-9-29-11-13-31(19-29)27-24(5)16-21(2)17-25(27)6;;;/h10-19H,7-9H2,1-6H3;2*1H;1H2/q+2;;;/p-2. The zero-order chi connectivity index (χ0) is 22.1. The summed E-state index contributed by atoms with van der Waals surface area (Å²) in [5.74, 6) is 0. The number of aromatic nitrogens is 4. The number of rotatable bonds is 6. The van der Waals surface area contributed by atoms with Crippen LogP contribution in [-0.2, 0) is 13.1 Å². The molecular weight excluding hydrogens is 556 g/mol. The van der Waals surface area contributed by atoms with Gasteiger partial charge in [0.1, 0.15) is 36.2 Å². The third-order valence-electron chi connectivity index (χ3n) is 6.00. The summed E-state index contributed by atoms with van der Waals surface area (Å²) in [7, 11) is 0. The van der Waals surface area contributed by atoms with Crippen LogP contribution < -0.4 is 43.1 Å². The molecule has 0 spiro atoms. The summed E-state index contributed by atoms with van der Waals surface area (Å²) in [5, 5.41) is 0. The van der Waals surface area contributed by atoms with E-state index in [9.17, 15) is 0 Å². The fraction of sp³-hybridized carbons (Fsp3) is 0.333. The number of aryl methyl sites for hydroxylation is 8. The number of benzene rings is 2. The van der Waals surface area contributed by atoms with Gasteiger partial charge < -0.3 is 39.4 Å². The van der Waals surface area contributed by atoms with E-state index in [1.165, 1.54) is 44.8 Å². The van der Waals surface area contributed by atoms with Crippen molar-refractivity contribution in [2.24, 2.45) is 0 Å². The van der Waals surface area contributed by atoms with Gasteiger partial charge in [-0.25, -0.2) is 18.3 Å². The van der Waals surface area contributed by atoms with E-state index in [0.29, 0.717) is 0 Å². The van der Waals surface area contributed by atoms with E-state index < -0.39 is 0 Å². The first-order valence-electron chi connectivity index (χ1n) is 11.1. The summed E-state index contributed by atoms with van der Waals surface area (Å²) in [6.07, 6.45) is 14.2. The number of imidazole rings is 2. The lowest BCUT2D eigenvalue weighted by atomic mass is 10.1. The van der Waals surface area contributed by atoms with Crippen LogP contribution in [0.4, 0.5) is 0 Å². The van der Waals surface area contributed by atoms with Gasteiger partial charge in [0.25, 0.3) is 0 Å². The van der Waals surface area contributed by atoms with Crippen molar-refractivity contribution in [2.75, 3.05) is 0 Å². The van der Waals surface area contributed by atoms with Crippen molar-refractivity contribution < 1.29 is 48.6 Å². The maximum Gasteiger partial charge on any atom is 0.248 e. The highest BCUT2D eigenvalue weighted by molar-refractivity contribution is 5.49. The molecule has 2 heterocycles. The minimum atomic E-state index is 0. The zero-order valence-electron chi connectivity index (χ0n) is 20.9. The molecule has 4 aromatic rings. The molecule has 0 radical (unpaired) electrons. The lowest BCUT2D eigenvalue weighted by Crippen LogP contribution is -3.00. The molecule has 2 N–H and O–H groups in total. The van der Waals surface area contributed by atoms with E-state index >= 15 is 0 Å². The monoisotopic (exact) mass is 590 g/mol. The fourth-order valence-corrected chi connectivity index (χ4v) is 4.91. The van der Waals surface area contributed by atoms with Crippen LogP contribution >= 0.6 is 0 Å². The Morgan fingerprint density at radius 3 is 1.24 bits per heavy atom. The summed E-state index contributed by atoms with van der Waals surface area (Å²) in [4.78, 5) is 0. The van der Waals surface area contributed by atoms with E-state index in [2.05, 4.69) is 122 Å². The van der Waals surface area contributed by atoms with Gasteiger partial charge in [0.2, 0.25) is 12.7 Å². The maximum absolute atomic E-state index is 2.28. The Balaban J connectivity index is 0.00000193. The molecule has 0 aliphatic heterocycles. The summed E-state index contributed by atoms with van der Waals surface area (Å²) in [5.41, 5.74) is 10.5. The lowest BCUT2D eigenvalue weighted by molar-refractivity contribution is -0.726. The van der Waals surface area contributed by atoms with Crippen LogP contribution in [0.3, 0.4) is 0 Å². The van der Waals surface area contributed by atoms with Crippen molar-refractivity contribution in [1.29, 1.82) is 0 Å². The second-order valence-electron chi connectivity index (χ2n) is 8.97. The Hall–Kier alpha value is -2.22. The smallest absolute Gasteiger partial charge is 0.248 e. The predicted molar refractivity (Wildman–Crippen MR) is 129 cm³/mol. The Labute approximate surface area is 224 Å². The van der Waals surface area contributed by atoms with Crippen LogP contribution in [0.1, 0.15) is 39.8 Å². The van der Waals surface area contributed by atoms with Crippen molar-refractivity contribution in [1.82, 2.24) is 9.13 Å². The largest absolute Gasteiger partial charge is 1.00 e. The van der Waals surface area contributed by atoms with Gasteiger partial charge in [0, 0.05) is 6.42 Å². The first kappa shape index (κ1) is 29.8. The van der Waals surface area contributed by atoms with Crippen LogP contribution in [0.2, 0.25) is 0 Å². The fourth-order valence-electron chi connectivity index (χ4n) is 4.91. The molecule has 5 nitrogen and oxygen atoms in total. The average molecular weight is 592 g/mol. The molecule has 184 valence electrons. The van der Waals surface area contributed by atoms with Crippen molar-refractivity contribution in [2.45, 2.75) is 61.1 Å². The van der Waals surface area contributed by atoms with E-state index in [4.69, 9.17) is 0 Å². The van der Waals surface area contributed by atoms with Crippen LogP contribution in [0.5, 0.6) is 0 Å². The summed E-state index contributed by atoms with van der Waals surface area (Å²) >= 11 is 0. The van der Waals surface area contributed by atoms with Gasteiger partial charge >= 0.3 is 0 Å². The predicted octanol–water partition coefficient (Wildman–Crippen LogP) is -2.03. The van der Waals surface area contributed by atoms with Crippen molar-refractivity contribution in [3.05, 3.63) is 95.1 Å². The van der Waals surface area contributed by atoms with Gasteiger partial charge in [-0.3, -0.25) is 0 Å². The number of nitrogens with zero attached hydrogens (tertiary/aromatic N) is 4. The summed E-state index contributed by atoms with van der Waals surface area (Å²) < 4.78 is 9.06. The first-order valence-corrected chi connectivity index (χ1v) is 11.1. The second-order valence-corrected chi connectivity index (χ2v) is 8.97. The average Bonchev–Trinajstić information content (AvgIpc) is 3.30. The van der Waals surface area contributed by atoms with Gasteiger partial charge in [-0.2, -0.15) is 0 Å². The molecule has 2 aromatic carbocycles. The Morgan fingerprint density at radius 1 is 0.588 bits per heavy atom. The van der Waals surface area contributed by atoms with E-state index in [1.807, 2.05) is 0 Å². The Kier molecular flexibility index (Phi) is 10.9. The van der Waals surface area contributed by atoms with Crippen LogP contribution in [0.15, 0.2) is 61.7 Å². The van der Waals surface area contributed by atoms with E-state index in [1.54, 1.807) is 0 Å². The lowest BCUT2D eigenvalue weighted by Gasteiger charge is -2.07. The van der Waals surface area contributed by atoms with Crippen LogP contribution in [0.25, 0.3) is 11.4 Å². The number of halogens is 2. The maximum atomic E-state index is 2.28. The Bertz CT molecular complexity index is 1100. The van der Waals surface area contributed by atoms with E-state index in [-0.39, 0.29) is 39.4 Å². The summed E-state index contributed by atoms with van der Waals surface area (Å²) in [6.45, 7) is 15.1. The molecule has 0 atom stereocenters. The van der Waals surface area contributed by atoms with Gasteiger partial charge in [-0.05, 0) is 63.8 Å². The van der Waals surface area contributed by atoms with Crippen molar-refractivity contribution in [3.63, 3.8) is 0 Å². The molecule has 0 aliphatic rings. The van der Waals surface area contributed by atoms with Gasteiger partial charge in [-0.15, -0.1) is 0 Å². The van der Waals surface area contributed by atoms with Gasteiger partial charge in [0.05, 0.1) is 13.1 Å². The molecule has 34 heavy (non-hydrogen) atoms. The first-order chi connectivity index (χ1) is 14.8. The molecule has 0 saturated carbocycles. The number of hydrogen-bond acceptors (Lipinski definition) is 0. The highest BCUT2D eigenvalue weighted by Gasteiger charge is 2.15. The van der Waals surface area contributed by atoms with Crippen molar-refractivity contribution in [3.8, 4) is 11.4 Å². The normalized spacial score (nSPS) is 10.3. The summed E-state index contributed by atoms with van der Waals surface area (Å²) in [6, 6.07) is 9.02. The minimum absolute atomic E-state index is 0. The topological polar surface area (TPSA) is 49.1 Å². The Morgan fingerprint density at radius 2 is 0.912 bits per heavy atom. The second kappa shape index (κ2) is 12.5. The highest BCUT2D eigenvalue weighted by Crippen LogP contribution is 2.21. The zero-order valence-corrected chi connectivity index (χ0v) is 24.1. The third kappa shape index (κ3) is 6.46. The third-order valence-corrected chi connectivity index (χ3v) is 6.00. The molecule has 0 unspecified atom stereocenters. The molecule has 0 aliphatic carbocycles. The number of hydrogen-bond donors (Lipinski definition) is 0. The molecule has 4 rings (SSSR count). The quantitative estimate of drug-likeness (QED) is 0.232. The van der Waals surface area contributed by atoms with Crippen LogP contribution in [0, 0.1) is 41.5 Å². The minimum Gasteiger partial charge on any atom is -1.00 e. The molecule has 0 bridgehead atoms. The van der Waals surface area contributed by atoms with Gasteiger partial charge in [-0.1, -0.05) is 35.4 Å². The van der Waals surface area contributed by atoms with Crippen molar-refractivity contribution >= 4 is 0 Å². The van der Waals surface area contributed by atoms with E-state index in [0.717, 1.165) is 19.5 Å². The molecule has 2 aromatic heterocycles. The molecule has 0 amide bonds. The molecule has 7 heteroatoms. The van der Waals surface area contributed by atoms with Gasteiger partial charge in [0.15, 0.2) is 0 Å². The highest BCUT2D eigenvalue weighted by atomic mass is 79.9.